The third-order valence-electron chi connectivity index (χ3n) is 8.46. The normalized spacial score (nSPS) is 11.4. The van der Waals surface area contributed by atoms with Crippen molar-refractivity contribution < 1.29 is 22.8 Å². The van der Waals surface area contributed by atoms with Crippen molar-refractivity contribution in [3.8, 4) is 0 Å². The van der Waals surface area contributed by atoms with E-state index >= 15 is 0 Å². The monoisotopic (exact) mass is 665 g/mol. The summed E-state index contributed by atoms with van der Waals surface area (Å²) >= 11 is 0. The number of nitrogens with one attached hydrogen (secondary N) is 2. The molecule has 0 bridgehead atoms. The number of urea groups is 1. The highest BCUT2D eigenvalue weighted by Gasteiger charge is 2.18. The van der Waals surface area contributed by atoms with E-state index in [9.17, 15) is 18.0 Å². The smallest absolute Gasteiger partial charge is 0.307 e. The van der Waals surface area contributed by atoms with Crippen LogP contribution in [-0.2, 0) is 19.7 Å². The summed E-state index contributed by atoms with van der Waals surface area (Å²) in [5.41, 5.74) is 0.881. The van der Waals surface area contributed by atoms with Crippen LogP contribution in [0.15, 0.2) is 71.6 Å². The predicted molar refractivity (Wildman–Crippen MR) is 193 cm³/mol. The van der Waals surface area contributed by atoms with Crippen molar-refractivity contribution in [3.05, 3.63) is 66.7 Å². The number of carbonyl (C=O) groups is 2. The van der Waals surface area contributed by atoms with E-state index in [1.165, 1.54) is 120 Å². The molecule has 0 spiro atoms. The summed E-state index contributed by atoms with van der Waals surface area (Å²) in [6, 6.07) is 17.6. The Hall–Kier alpha value is -3.43. The Balaban J connectivity index is 1.22. The zero-order valence-electron chi connectivity index (χ0n) is 28.3. The minimum Gasteiger partial charge on any atom is -0.307 e. The van der Waals surface area contributed by atoms with Crippen LogP contribution < -0.4 is 15.1 Å². The van der Waals surface area contributed by atoms with Crippen molar-refractivity contribution in [1.82, 2.24) is 4.72 Å². The molecule has 0 aliphatic heterocycles. The van der Waals surface area contributed by atoms with Gasteiger partial charge in [0, 0.05) is 5.69 Å². The zero-order valence-corrected chi connectivity index (χ0v) is 29.1. The number of hydrogen-bond donors (Lipinski definition) is 2. The molecule has 0 heterocycles. The van der Waals surface area contributed by atoms with E-state index in [-0.39, 0.29) is 4.90 Å². The van der Waals surface area contributed by atoms with Gasteiger partial charge in [-0.1, -0.05) is 146 Å². The van der Waals surface area contributed by atoms with Crippen molar-refractivity contribution in [2.75, 3.05) is 17.0 Å². The van der Waals surface area contributed by atoms with Gasteiger partial charge in [-0.25, -0.2) is 17.9 Å². The van der Waals surface area contributed by atoms with Gasteiger partial charge in [-0.2, -0.15) is 5.06 Å². The highest BCUT2D eigenvalue weighted by Crippen LogP contribution is 2.21. The average molecular weight is 666 g/mol. The van der Waals surface area contributed by atoms with Crippen molar-refractivity contribution in [3.63, 3.8) is 0 Å². The molecule has 0 aromatic heterocycles. The minimum absolute atomic E-state index is 0.00437. The number of carbonyl (C=O) groups excluding carboxylic acids is 2. The largest absolute Gasteiger partial charge is 0.333 e. The van der Waals surface area contributed by atoms with Crippen molar-refractivity contribution >= 4 is 44.6 Å². The molecular formula is C38H55N3O5S. The number of amides is 3. The van der Waals surface area contributed by atoms with Gasteiger partial charge in [0.2, 0.25) is 6.41 Å². The van der Waals surface area contributed by atoms with Crippen LogP contribution >= 0.6 is 0 Å². The number of fused-ring (bicyclic) bond motifs is 1. The van der Waals surface area contributed by atoms with Crippen LogP contribution in [0.3, 0.4) is 0 Å². The van der Waals surface area contributed by atoms with E-state index in [4.69, 9.17) is 4.84 Å². The molecule has 0 atom stereocenters. The first-order valence-corrected chi connectivity index (χ1v) is 19.2. The molecule has 9 heteroatoms. The van der Waals surface area contributed by atoms with Gasteiger partial charge in [0.1, 0.15) is 0 Å². The number of rotatable bonds is 25. The Labute approximate surface area is 282 Å². The Morgan fingerprint density at radius 3 is 1.72 bits per heavy atom. The molecule has 0 aliphatic rings. The molecule has 2 N–H and O–H groups in total. The highest BCUT2D eigenvalue weighted by molar-refractivity contribution is 7.90. The van der Waals surface area contributed by atoms with Gasteiger partial charge in [0.05, 0.1) is 17.2 Å². The quantitative estimate of drug-likeness (QED) is 0.0532. The van der Waals surface area contributed by atoms with Crippen LogP contribution in [0.25, 0.3) is 10.8 Å². The lowest BCUT2D eigenvalue weighted by molar-refractivity contribution is -0.114. The van der Waals surface area contributed by atoms with E-state index in [0.717, 1.165) is 23.6 Å². The Morgan fingerprint density at radius 2 is 1.19 bits per heavy atom. The summed E-state index contributed by atoms with van der Waals surface area (Å²) in [4.78, 5) is 29.7. The first kappa shape index (κ1) is 38.0. The fourth-order valence-electron chi connectivity index (χ4n) is 5.70. The molecule has 0 radical (unpaired) electrons. The minimum atomic E-state index is -4.07. The van der Waals surface area contributed by atoms with Gasteiger partial charge in [-0.3, -0.25) is 9.63 Å². The van der Waals surface area contributed by atoms with Crippen LogP contribution in [0.1, 0.15) is 122 Å². The summed E-state index contributed by atoms with van der Waals surface area (Å²) in [6.45, 7) is 2.71. The standard InChI is InChI=1S/C38H55N3O5S/c1-2-3-4-5-6-7-8-9-10-11-12-13-14-15-16-17-18-21-30-46-41(32-42)36-27-25-35(26-28-36)39-38(43)40-47(44,45)37-29-24-33-22-19-20-23-34(33)31-37/h19-20,22-29,31-32H,2-18,21,30H2,1H3,(H2,39,40,43). The molecule has 47 heavy (non-hydrogen) atoms. The van der Waals surface area contributed by atoms with Crippen LogP contribution in [0.5, 0.6) is 0 Å². The molecule has 3 aromatic rings. The van der Waals surface area contributed by atoms with Gasteiger partial charge in [-0.05, 0) is 53.6 Å². The van der Waals surface area contributed by atoms with Crippen LogP contribution in [0, 0.1) is 0 Å². The summed E-state index contributed by atoms with van der Waals surface area (Å²) in [5.74, 6) is 0. The number of sulfonamides is 1. The maximum absolute atomic E-state index is 12.7. The fraction of sp³-hybridized carbons (Fsp3) is 0.526. The Bertz CT molecular complexity index is 1430. The van der Waals surface area contributed by atoms with Crippen LogP contribution in [0.4, 0.5) is 16.2 Å². The maximum Gasteiger partial charge on any atom is 0.333 e. The van der Waals surface area contributed by atoms with Crippen LogP contribution in [-0.4, -0.2) is 27.5 Å². The van der Waals surface area contributed by atoms with Crippen molar-refractivity contribution in [1.29, 1.82) is 0 Å². The Kier molecular flexibility index (Phi) is 18.0. The van der Waals surface area contributed by atoms with E-state index in [1.807, 2.05) is 29.0 Å². The SMILES string of the molecule is CCCCCCCCCCCCCCCCCCCCON(C=O)c1ccc(NC(=O)NS(=O)(=O)c2ccc3ccccc3c2)cc1. The molecule has 3 aromatic carbocycles. The number of anilines is 2. The van der Waals surface area contributed by atoms with Crippen molar-refractivity contribution in [2.24, 2.45) is 0 Å². The Morgan fingerprint density at radius 1 is 0.681 bits per heavy atom. The number of hydrogen-bond acceptors (Lipinski definition) is 5. The highest BCUT2D eigenvalue weighted by atomic mass is 32.2. The predicted octanol–water partition coefficient (Wildman–Crippen LogP) is 10.3. The van der Waals surface area contributed by atoms with Gasteiger partial charge >= 0.3 is 6.03 Å². The number of hydroxylamine groups is 1. The molecule has 3 rings (SSSR count). The molecule has 0 aliphatic carbocycles. The molecule has 0 saturated carbocycles. The van der Waals surface area contributed by atoms with Gasteiger partial charge in [0.15, 0.2) is 0 Å². The number of benzene rings is 3. The van der Waals surface area contributed by atoms with E-state index in [0.29, 0.717) is 24.4 Å². The molecule has 0 unspecified atom stereocenters. The molecule has 258 valence electrons. The summed E-state index contributed by atoms with van der Waals surface area (Å²) in [5, 5.41) is 5.35. The van der Waals surface area contributed by atoms with E-state index in [2.05, 4.69) is 12.2 Å². The van der Waals surface area contributed by atoms with Gasteiger partial charge < -0.3 is 5.32 Å². The second kappa shape index (κ2) is 22.2. The number of unbranched alkanes of at least 4 members (excludes halogenated alkanes) is 17. The first-order valence-electron chi connectivity index (χ1n) is 17.7. The van der Waals surface area contributed by atoms with Gasteiger partial charge in [-0.15, -0.1) is 0 Å². The summed E-state index contributed by atoms with van der Waals surface area (Å²) in [7, 11) is -4.07. The second-order valence-corrected chi connectivity index (χ2v) is 14.1. The van der Waals surface area contributed by atoms with E-state index in [1.54, 1.807) is 30.3 Å². The maximum atomic E-state index is 12.7. The van der Waals surface area contributed by atoms with Crippen LogP contribution in [0.2, 0.25) is 0 Å². The fourth-order valence-corrected chi connectivity index (χ4v) is 6.64. The molecular weight excluding hydrogens is 611 g/mol. The lowest BCUT2D eigenvalue weighted by atomic mass is 10.0. The van der Waals surface area contributed by atoms with E-state index < -0.39 is 16.1 Å². The second-order valence-electron chi connectivity index (χ2n) is 12.4. The third-order valence-corrected chi connectivity index (χ3v) is 9.79. The first-order chi connectivity index (χ1) is 22.9. The topological polar surface area (TPSA) is 105 Å². The molecule has 3 amide bonds. The van der Waals surface area contributed by atoms with Crippen molar-refractivity contribution in [2.45, 2.75) is 127 Å². The lowest BCUT2D eigenvalue weighted by Crippen LogP contribution is -2.34. The summed E-state index contributed by atoms with van der Waals surface area (Å²) < 4.78 is 27.5. The van der Waals surface area contributed by atoms with Gasteiger partial charge in [0.25, 0.3) is 10.0 Å². The zero-order chi connectivity index (χ0) is 33.6. The average Bonchev–Trinajstić information content (AvgIpc) is 3.07. The summed E-state index contributed by atoms with van der Waals surface area (Å²) in [6.07, 6.45) is 24.2. The third kappa shape index (κ3) is 14.9. The molecule has 8 nitrogen and oxygen atoms in total. The number of nitrogens with zero attached hydrogens (tertiary/aromatic N) is 1. The lowest BCUT2D eigenvalue weighted by Gasteiger charge is -2.17. The molecule has 0 fully saturated rings. The molecule has 0 saturated heterocycles.